The Morgan fingerprint density at radius 2 is 2.27 bits per heavy atom. The van der Waals surface area contributed by atoms with Crippen LogP contribution in [0.15, 0.2) is 6.07 Å². The van der Waals surface area contributed by atoms with Crippen LogP contribution in [0.1, 0.15) is 19.0 Å². The van der Waals surface area contributed by atoms with Gasteiger partial charge in [0.05, 0.1) is 0 Å². The summed E-state index contributed by atoms with van der Waals surface area (Å²) < 4.78 is 4.95. The molecule has 1 rings (SSSR count). The van der Waals surface area contributed by atoms with E-state index in [1.165, 1.54) is 0 Å². The molecule has 0 aliphatic rings. The summed E-state index contributed by atoms with van der Waals surface area (Å²) in [7, 11) is 1.69. The van der Waals surface area contributed by atoms with E-state index in [9.17, 15) is 0 Å². The lowest BCUT2D eigenvalue weighted by Gasteiger charge is -2.06. The number of rotatable bonds is 6. The van der Waals surface area contributed by atoms with Crippen molar-refractivity contribution in [3.05, 3.63) is 17.0 Å². The van der Waals surface area contributed by atoms with Crippen molar-refractivity contribution in [2.75, 3.05) is 25.6 Å². The highest BCUT2D eigenvalue weighted by Gasteiger charge is 2.00. The Kier molecular flexibility index (Phi) is 5.36. The van der Waals surface area contributed by atoms with Gasteiger partial charge >= 0.3 is 0 Å². The molecule has 0 aliphatic carbocycles. The lowest BCUT2D eigenvalue weighted by atomic mass is 10.3. The summed E-state index contributed by atoms with van der Waals surface area (Å²) in [6, 6.07) is 1.92. The number of hydrogen-bond acceptors (Lipinski definition) is 4. The zero-order valence-corrected chi connectivity index (χ0v) is 9.84. The average Bonchev–Trinajstić information content (AvgIpc) is 2.23. The SMILES string of the molecule is CCc1cc(NCCCOC)nc(Cl)n1. The van der Waals surface area contributed by atoms with Crippen molar-refractivity contribution in [3.63, 3.8) is 0 Å². The monoisotopic (exact) mass is 229 g/mol. The summed E-state index contributed by atoms with van der Waals surface area (Å²) in [4.78, 5) is 8.17. The molecule has 15 heavy (non-hydrogen) atoms. The smallest absolute Gasteiger partial charge is 0.224 e. The third kappa shape index (κ3) is 4.44. The molecule has 0 spiro atoms. The van der Waals surface area contributed by atoms with E-state index in [0.29, 0.717) is 5.28 Å². The van der Waals surface area contributed by atoms with Crippen molar-refractivity contribution in [2.45, 2.75) is 19.8 Å². The number of nitrogens with one attached hydrogen (secondary N) is 1. The van der Waals surface area contributed by atoms with Gasteiger partial charge < -0.3 is 10.1 Å². The molecule has 0 bridgehead atoms. The molecule has 0 saturated carbocycles. The second kappa shape index (κ2) is 6.58. The molecule has 0 unspecified atom stereocenters. The van der Waals surface area contributed by atoms with E-state index >= 15 is 0 Å². The topological polar surface area (TPSA) is 47.0 Å². The van der Waals surface area contributed by atoms with Crippen molar-refractivity contribution < 1.29 is 4.74 Å². The number of ether oxygens (including phenoxy) is 1. The molecule has 5 heteroatoms. The highest BCUT2D eigenvalue weighted by Crippen LogP contribution is 2.10. The molecule has 4 nitrogen and oxygen atoms in total. The van der Waals surface area contributed by atoms with Crippen LogP contribution in [0, 0.1) is 0 Å². The fourth-order valence-electron chi connectivity index (χ4n) is 1.17. The molecular formula is C10H16ClN3O. The predicted molar refractivity (Wildman–Crippen MR) is 61.4 cm³/mol. The Morgan fingerprint density at radius 1 is 1.47 bits per heavy atom. The van der Waals surface area contributed by atoms with Gasteiger partial charge in [0.1, 0.15) is 5.82 Å². The van der Waals surface area contributed by atoms with Crippen LogP contribution >= 0.6 is 11.6 Å². The molecule has 0 atom stereocenters. The first kappa shape index (κ1) is 12.2. The van der Waals surface area contributed by atoms with E-state index in [1.807, 2.05) is 13.0 Å². The van der Waals surface area contributed by atoms with Gasteiger partial charge in [-0.3, -0.25) is 0 Å². The summed E-state index contributed by atoms with van der Waals surface area (Å²) in [5.41, 5.74) is 0.948. The summed E-state index contributed by atoms with van der Waals surface area (Å²) in [5, 5.41) is 3.47. The second-order valence-corrected chi connectivity index (χ2v) is 3.48. The van der Waals surface area contributed by atoms with Gasteiger partial charge in [0, 0.05) is 32.0 Å². The molecule has 0 aromatic carbocycles. The Hall–Kier alpha value is -0.870. The number of hydrogen-bond donors (Lipinski definition) is 1. The minimum Gasteiger partial charge on any atom is -0.385 e. The molecule has 84 valence electrons. The quantitative estimate of drug-likeness (QED) is 0.600. The van der Waals surface area contributed by atoms with E-state index in [-0.39, 0.29) is 0 Å². The van der Waals surface area contributed by atoms with Gasteiger partial charge in [-0.1, -0.05) is 6.92 Å². The van der Waals surface area contributed by atoms with Crippen LogP contribution in [0.3, 0.4) is 0 Å². The van der Waals surface area contributed by atoms with E-state index in [0.717, 1.165) is 37.5 Å². The Morgan fingerprint density at radius 3 is 2.93 bits per heavy atom. The number of nitrogens with zero attached hydrogens (tertiary/aromatic N) is 2. The molecule has 0 saturated heterocycles. The number of halogens is 1. The molecule has 1 aromatic rings. The van der Waals surface area contributed by atoms with Crippen LogP contribution in [0.25, 0.3) is 0 Å². The van der Waals surface area contributed by atoms with Gasteiger partial charge in [0.15, 0.2) is 0 Å². The van der Waals surface area contributed by atoms with Crippen molar-refractivity contribution in [1.82, 2.24) is 9.97 Å². The zero-order valence-electron chi connectivity index (χ0n) is 9.09. The van der Waals surface area contributed by atoms with Crippen molar-refractivity contribution >= 4 is 17.4 Å². The van der Waals surface area contributed by atoms with E-state index in [4.69, 9.17) is 16.3 Å². The van der Waals surface area contributed by atoms with Crippen molar-refractivity contribution in [3.8, 4) is 0 Å². The number of aryl methyl sites for hydroxylation is 1. The van der Waals surface area contributed by atoms with Gasteiger partial charge in [-0.2, -0.15) is 0 Å². The van der Waals surface area contributed by atoms with Gasteiger partial charge in [0.25, 0.3) is 0 Å². The predicted octanol–water partition coefficient (Wildman–Crippen LogP) is 2.14. The van der Waals surface area contributed by atoms with E-state index in [1.54, 1.807) is 7.11 Å². The normalized spacial score (nSPS) is 10.3. The molecule has 1 aromatic heterocycles. The number of methoxy groups -OCH3 is 1. The number of aromatic nitrogens is 2. The maximum atomic E-state index is 5.78. The lowest BCUT2D eigenvalue weighted by molar-refractivity contribution is 0.198. The first-order valence-electron chi connectivity index (χ1n) is 5.02. The zero-order chi connectivity index (χ0) is 11.1. The third-order valence-electron chi connectivity index (χ3n) is 1.95. The van der Waals surface area contributed by atoms with E-state index < -0.39 is 0 Å². The van der Waals surface area contributed by atoms with Gasteiger partial charge in [-0.05, 0) is 24.4 Å². The van der Waals surface area contributed by atoms with E-state index in [2.05, 4.69) is 15.3 Å². The largest absolute Gasteiger partial charge is 0.385 e. The van der Waals surface area contributed by atoms with Crippen LogP contribution in [0.4, 0.5) is 5.82 Å². The Balaban J connectivity index is 2.49. The fraction of sp³-hybridized carbons (Fsp3) is 0.600. The summed E-state index contributed by atoms with van der Waals surface area (Å²) in [6.45, 7) is 3.60. The van der Waals surface area contributed by atoms with Gasteiger partial charge in [0.2, 0.25) is 5.28 Å². The first-order chi connectivity index (χ1) is 7.26. The van der Waals surface area contributed by atoms with Crippen molar-refractivity contribution in [2.24, 2.45) is 0 Å². The summed E-state index contributed by atoms with van der Waals surface area (Å²) in [5.74, 6) is 0.781. The van der Waals surface area contributed by atoms with Gasteiger partial charge in [-0.25, -0.2) is 9.97 Å². The van der Waals surface area contributed by atoms with Crippen LogP contribution in [0.2, 0.25) is 5.28 Å². The summed E-state index contributed by atoms with van der Waals surface area (Å²) >= 11 is 5.78. The Bertz CT molecular complexity index is 307. The third-order valence-corrected chi connectivity index (χ3v) is 2.11. The fourth-order valence-corrected chi connectivity index (χ4v) is 1.37. The molecule has 0 radical (unpaired) electrons. The molecular weight excluding hydrogens is 214 g/mol. The van der Waals surface area contributed by atoms with Crippen LogP contribution < -0.4 is 5.32 Å². The maximum absolute atomic E-state index is 5.78. The van der Waals surface area contributed by atoms with Gasteiger partial charge in [-0.15, -0.1) is 0 Å². The molecule has 0 amide bonds. The Labute approximate surface area is 95.0 Å². The van der Waals surface area contributed by atoms with Crippen LogP contribution in [0.5, 0.6) is 0 Å². The average molecular weight is 230 g/mol. The van der Waals surface area contributed by atoms with Crippen LogP contribution in [-0.2, 0) is 11.2 Å². The number of anilines is 1. The highest BCUT2D eigenvalue weighted by molar-refractivity contribution is 6.28. The van der Waals surface area contributed by atoms with Crippen LogP contribution in [-0.4, -0.2) is 30.2 Å². The molecule has 1 N–H and O–H groups in total. The molecule has 0 aliphatic heterocycles. The maximum Gasteiger partial charge on any atom is 0.224 e. The highest BCUT2D eigenvalue weighted by atomic mass is 35.5. The minimum absolute atomic E-state index is 0.295. The first-order valence-corrected chi connectivity index (χ1v) is 5.40. The molecule has 1 heterocycles. The summed E-state index contributed by atoms with van der Waals surface area (Å²) in [6.07, 6.45) is 1.80. The second-order valence-electron chi connectivity index (χ2n) is 3.14. The van der Waals surface area contributed by atoms with Crippen molar-refractivity contribution in [1.29, 1.82) is 0 Å². The minimum atomic E-state index is 0.295. The molecule has 0 fully saturated rings. The lowest BCUT2D eigenvalue weighted by Crippen LogP contribution is -2.07. The standard InChI is InChI=1S/C10H16ClN3O/c1-3-8-7-9(14-10(11)13-8)12-5-4-6-15-2/h7H,3-6H2,1-2H3,(H,12,13,14).